The van der Waals surface area contributed by atoms with E-state index in [1.807, 2.05) is 26.0 Å². The molecule has 0 aliphatic carbocycles. The third kappa shape index (κ3) is 4.95. The molecule has 0 unspecified atom stereocenters. The summed E-state index contributed by atoms with van der Waals surface area (Å²) >= 11 is 0. The van der Waals surface area contributed by atoms with E-state index in [0.717, 1.165) is 11.1 Å². The standard InChI is InChI=1S/C15H20N2O2/c1-11(2)9-14(18)16-10-12-5-7-13(8-6-12)15(19)17(3)4/h5-9H,10H2,1-4H3,(H,16,18). The fraction of sp³-hybridized carbons (Fsp3) is 0.333. The first kappa shape index (κ1) is 15.0. The molecule has 1 aromatic rings. The van der Waals surface area contributed by atoms with Crippen molar-refractivity contribution in [2.75, 3.05) is 14.1 Å². The van der Waals surface area contributed by atoms with E-state index in [1.165, 1.54) is 4.90 Å². The molecule has 0 atom stereocenters. The van der Waals surface area contributed by atoms with Crippen LogP contribution in [0.25, 0.3) is 0 Å². The quantitative estimate of drug-likeness (QED) is 0.841. The van der Waals surface area contributed by atoms with Gasteiger partial charge in [0, 0.05) is 32.3 Å². The van der Waals surface area contributed by atoms with Crippen LogP contribution >= 0.6 is 0 Å². The number of amides is 2. The van der Waals surface area contributed by atoms with E-state index in [-0.39, 0.29) is 11.8 Å². The molecule has 0 fully saturated rings. The highest BCUT2D eigenvalue weighted by atomic mass is 16.2. The number of nitrogens with zero attached hydrogens (tertiary/aromatic N) is 1. The first-order valence-electron chi connectivity index (χ1n) is 6.13. The topological polar surface area (TPSA) is 49.4 Å². The van der Waals surface area contributed by atoms with Crippen LogP contribution in [-0.2, 0) is 11.3 Å². The van der Waals surface area contributed by atoms with Crippen molar-refractivity contribution in [1.82, 2.24) is 10.2 Å². The summed E-state index contributed by atoms with van der Waals surface area (Å²) in [4.78, 5) is 24.7. The molecule has 0 saturated carbocycles. The van der Waals surface area contributed by atoms with Gasteiger partial charge in [-0.05, 0) is 31.5 Å². The molecule has 1 aromatic carbocycles. The molecule has 2 amide bonds. The van der Waals surface area contributed by atoms with Gasteiger partial charge in [0.15, 0.2) is 0 Å². The minimum atomic E-state index is -0.103. The third-order valence-corrected chi connectivity index (χ3v) is 2.49. The Morgan fingerprint density at radius 2 is 1.74 bits per heavy atom. The predicted molar refractivity (Wildman–Crippen MR) is 75.7 cm³/mol. The van der Waals surface area contributed by atoms with E-state index in [9.17, 15) is 9.59 Å². The Morgan fingerprint density at radius 3 is 2.21 bits per heavy atom. The van der Waals surface area contributed by atoms with Crippen LogP contribution in [0.4, 0.5) is 0 Å². The zero-order chi connectivity index (χ0) is 14.4. The smallest absolute Gasteiger partial charge is 0.253 e. The summed E-state index contributed by atoms with van der Waals surface area (Å²) in [7, 11) is 3.44. The molecular formula is C15H20N2O2. The maximum Gasteiger partial charge on any atom is 0.253 e. The van der Waals surface area contributed by atoms with Gasteiger partial charge in [0.2, 0.25) is 5.91 Å². The zero-order valence-corrected chi connectivity index (χ0v) is 11.9. The maximum atomic E-state index is 11.7. The van der Waals surface area contributed by atoms with Crippen molar-refractivity contribution in [2.24, 2.45) is 0 Å². The fourth-order valence-electron chi connectivity index (χ4n) is 1.53. The third-order valence-electron chi connectivity index (χ3n) is 2.49. The summed E-state index contributed by atoms with van der Waals surface area (Å²) in [6.07, 6.45) is 1.56. The van der Waals surface area contributed by atoms with Crippen molar-refractivity contribution in [2.45, 2.75) is 20.4 Å². The first-order chi connectivity index (χ1) is 8.90. The van der Waals surface area contributed by atoms with Crippen LogP contribution in [0.15, 0.2) is 35.9 Å². The molecular weight excluding hydrogens is 240 g/mol. The number of carbonyl (C=O) groups excluding carboxylic acids is 2. The van der Waals surface area contributed by atoms with Crippen LogP contribution in [0.5, 0.6) is 0 Å². The summed E-state index contributed by atoms with van der Waals surface area (Å²) in [5.74, 6) is -0.131. The molecule has 1 rings (SSSR count). The van der Waals surface area contributed by atoms with Crippen molar-refractivity contribution in [3.63, 3.8) is 0 Å². The van der Waals surface area contributed by atoms with Gasteiger partial charge in [0.25, 0.3) is 5.91 Å². The largest absolute Gasteiger partial charge is 0.348 e. The zero-order valence-electron chi connectivity index (χ0n) is 11.9. The molecule has 4 heteroatoms. The summed E-state index contributed by atoms with van der Waals surface area (Å²) < 4.78 is 0. The van der Waals surface area contributed by atoms with Crippen molar-refractivity contribution in [3.05, 3.63) is 47.0 Å². The molecule has 1 N–H and O–H groups in total. The maximum absolute atomic E-state index is 11.7. The van der Waals surface area contributed by atoms with Crippen LogP contribution in [0, 0.1) is 0 Å². The van der Waals surface area contributed by atoms with E-state index >= 15 is 0 Å². The van der Waals surface area contributed by atoms with E-state index in [1.54, 1.807) is 32.3 Å². The number of allylic oxidation sites excluding steroid dienone is 1. The van der Waals surface area contributed by atoms with Gasteiger partial charge in [-0.25, -0.2) is 0 Å². The number of hydrogen-bond acceptors (Lipinski definition) is 2. The second-order valence-corrected chi connectivity index (χ2v) is 4.84. The van der Waals surface area contributed by atoms with Crippen molar-refractivity contribution in [3.8, 4) is 0 Å². The van der Waals surface area contributed by atoms with Crippen LogP contribution in [0.1, 0.15) is 29.8 Å². The second-order valence-electron chi connectivity index (χ2n) is 4.84. The van der Waals surface area contributed by atoms with Gasteiger partial charge in [-0.1, -0.05) is 17.7 Å². The van der Waals surface area contributed by atoms with Crippen molar-refractivity contribution >= 4 is 11.8 Å². The molecule has 0 aliphatic heterocycles. The highest BCUT2D eigenvalue weighted by Crippen LogP contribution is 2.06. The van der Waals surface area contributed by atoms with E-state index in [4.69, 9.17) is 0 Å². The normalized spacial score (nSPS) is 9.68. The average molecular weight is 260 g/mol. The Hall–Kier alpha value is -2.10. The van der Waals surface area contributed by atoms with Crippen LogP contribution in [0.3, 0.4) is 0 Å². The number of carbonyl (C=O) groups is 2. The Labute approximate surface area is 114 Å². The molecule has 4 nitrogen and oxygen atoms in total. The van der Waals surface area contributed by atoms with Gasteiger partial charge in [-0.15, -0.1) is 0 Å². The lowest BCUT2D eigenvalue weighted by Crippen LogP contribution is -2.22. The summed E-state index contributed by atoms with van der Waals surface area (Å²) in [5, 5.41) is 2.79. The molecule has 0 aromatic heterocycles. The Balaban J connectivity index is 2.61. The summed E-state index contributed by atoms with van der Waals surface area (Å²) in [6.45, 7) is 4.21. The Kier molecular flexibility index (Phi) is 5.30. The lowest BCUT2D eigenvalue weighted by atomic mass is 10.1. The van der Waals surface area contributed by atoms with E-state index in [0.29, 0.717) is 12.1 Å². The van der Waals surface area contributed by atoms with Crippen molar-refractivity contribution < 1.29 is 9.59 Å². The Morgan fingerprint density at radius 1 is 1.16 bits per heavy atom. The van der Waals surface area contributed by atoms with Gasteiger partial charge in [-0.2, -0.15) is 0 Å². The first-order valence-corrected chi connectivity index (χ1v) is 6.13. The van der Waals surface area contributed by atoms with Crippen LogP contribution < -0.4 is 5.32 Å². The van der Waals surface area contributed by atoms with E-state index in [2.05, 4.69) is 5.32 Å². The molecule has 19 heavy (non-hydrogen) atoms. The number of hydrogen-bond donors (Lipinski definition) is 1. The van der Waals surface area contributed by atoms with Gasteiger partial charge >= 0.3 is 0 Å². The monoisotopic (exact) mass is 260 g/mol. The SMILES string of the molecule is CC(C)=CC(=O)NCc1ccc(C(=O)N(C)C)cc1. The second kappa shape index (κ2) is 6.73. The van der Waals surface area contributed by atoms with E-state index < -0.39 is 0 Å². The summed E-state index contributed by atoms with van der Waals surface area (Å²) in [6, 6.07) is 7.23. The van der Waals surface area contributed by atoms with Gasteiger partial charge in [0.05, 0.1) is 0 Å². The van der Waals surface area contributed by atoms with Gasteiger partial charge < -0.3 is 10.2 Å². The van der Waals surface area contributed by atoms with Crippen LogP contribution in [-0.4, -0.2) is 30.8 Å². The van der Waals surface area contributed by atoms with Crippen molar-refractivity contribution in [1.29, 1.82) is 0 Å². The average Bonchev–Trinajstić information content (AvgIpc) is 2.35. The minimum Gasteiger partial charge on any atom is -0.348 e. The summed E-state index contributed by atoms with van der Waals surface area (Å²) in [5.41, 5.74) is 2.57. The predicted octanol–water partition coefficient (Wildman–Crippen LogP) is 1.97. The molecule has 0 aliphatic rings. The lowest BCUT2D eigenvalue weighted by Gasteiger charge is -2.10. The van der Waals surface area contributed by atoms with Gasteiger partial charge in [-0.3, -0.25) is 9.59 Å². The molecule has 0 heterocycles. The van der Waals surface area contributed by atoms with Crippen LogP contribution in [0.2, 0.25) is 0 Å². The van der Waals surface area contributed by atoms with Gasteiger partial charge in [0.1, 0.15) is 0 Å². The molecule has 0 spiro atoms. The molecule has 0 radical (unpaired) electrons. The molecule has 0 saturated heterocycles. The Bertz CT molecular complexity index is 483. The fourth-order valence-corrected chi connectivity index (χ4v) is 1.53. The lowest BCUT2D eigenvalue weighted by molar-refractivity contribution is -0.116. The molecule has 0 bridgehead atoms. The highest BCUT2D eigenvalue weighted by molar-refractivity contribution is 5.93. The highest BCUT2D eigenvalue weighted by Gasteiger charge is 2.07. The molecule has 102 valence electrons. The number of nitrogens with one attached hydrogen (secondary N) is 1. The number of benzene rings is 1. The number of rotatable bonds is 4. The minimum absolute atomic E-state index is 0.0277.